The molecule has 0 spiro atoms. The average Bonchev–Trinajstić information content (AvgIpc) is 2.77. The quantitative estimate of drug-likeness (QED) is 0.427. The number of hydrogen-bond acceptors (Lipinski definition) is 4. The van der Waals surface area contributed by atoms with Gasteiger partial charge < -0.3 is 15.5 Å². The summed E-state index contributed by atoms with van der Waals surface area (Å²) in [6.45, 7) is 1.98. The summed E-state index contributed by atoms with van der Waals surface area (Å²) in [4.78, 5) is 29.7. The zero-order chi connectivity index (χ0) is 22.1. The van der Waals surface area contributed by atoms with Crippen LogP contribution in [0.2, 0.25) is 0 Å². The topological polar surface area (TPSA) is 79.8 Å². The Hall–Kier alpha value is -4.00. The van der Waals surface area contributed by atoms with Crippen LogP contribution < -0.4 is 10.6 Å². The molecule has 0 unspecified atom stereocenters. The van der Waals surface area contributed by atoms with Gasteiger partial charge in [-0.15, -0.1) is 0 Å². The lowest BCUT2D eigenvalue weighted by Gasteiger charge is -2.11. The van der Waals surface area contributed by atoms with Crippen molar-refractivity contribution in [1.82, 2.24) is 5.32 Å². The minimum absolute atomic E-state index is 0.249. The Labute approximate surface area is 179 Å². The first-order valence-electron chi connectivity index (χ1n) is 9.65. The molecule has 6 nitrogen and oxygen atoms in total. The van der Waals surface area contributed by atoms with Crippen molar-refractivity contribution in [1.29, 1.82) is 0 Å². The fourth-order valence-corrected chi connectivity index (χ4v) is 2.73. The summed E-state index contributed by atoms with van der Waals surface area (Å²) in [5, 5.41) is 9.08. The number of para-hydroxylation sites is 1. The third-order valence-corrected chi connectivity index (χ3v) is 4.39. The van der Waals surface area contributed by atoms with Gasteiger partial charge >= 0.3 is 0 Å². The maximum atomic E-state index is 13.5. The highest BCUT2D eigenvalue weighted by Gasteiger charge is 2.13. The van der Waals surface area contributed by atoms with Gasteiger partial charge in [-0.2, -0.15) is 0 Å². The minimum atomic E-state index is -0.496. The van der Waals surface area contributed by atoms with Crippen molar-refractivity contribution in [2.24, 2.45) is 5.16 Å². The first kappa shape index (κ1) is 21.7. The molecule has 0 aliphatic rings. The molecular weight excluding hydrogens is 397 g/mol. The number of carbonyl (C=O) groups excluding carboxylic acids is 2. The van der Waals surface area contributed by atoms with Crippen LogP contribution in [0.3, 0.4) is 0 Å². The van der Waals surface area contributed by atoms with Crippen LogP contribution >= 0.6 is 0 Å². The Bertz CT molecular complexity index is 1080. The average molecular weight is 419 g/mol. The van der Waals surface area contributed by atoms with Crippen molar-refractivity contribution < 1.29 is 18.8 Å². The van der Waals surface area contributed by atoms with Gasteiger partial charge in [0.05, 0.1) is 17.5 Å². The highest BCUT2D eigenvalue weighted by atomic mass is 19.1. The van der Waals surface area contributed by atoms with Crippen molar-refractivity contribution in [2.75, 3.05) is 11.9 Å². The molecule has 158 valence electrons. The lowest BCUT2D eigenvalue weighted by atomic mass is 10.1. The van der Waals surface area contributed by atoms with E-state index in [-0.39, 0.29) is 18.1 Å². The van der Waals surface area contributed by atoms with E-state index in [4.69, 9.17) is 4.84 Å². The highest BCUT2D eigenvalue weighted by Crippen LogP contribution is 2.15. The second-order valence-electron chi connectivity index (χ2n) is 6.79. The van der Waals surface area contributed by atoms with Crippen LogP contribution in [-0.2, 0) is 16.2 Å². The lowest BCUT2D eigenvalue weighted by molar-refractivity contribution is -0.120. The SMILES string of the molecule is Cc1ccc(CNC(=O)c2ccccc2NC(=O)CO/N=C\c2ccccc2F)cc1. The van der Waals surface area contributed by atoms with Crippen LogP contribution in [0.15, 0.2) is 78.0 Å². The number of carbonyl (C=O) groups is 2. The van der Waals surface area contributed by atoms with Crippen molar-refractivity contribution >= 4 is 23.7 Å². The second-order valence-corrected chi connectivity index (χ2v) is 6.79. The van der Waals surface area contributed by atoms with Crippen LogP contribution in [0.25, 0.3) is 0 Å². The Morgan fingerprint density at radius 2 is 1.71 bits per heavy atom. The van der Waals surface area contributed by atoms with Crippen molar-refractivity contribution in [3.8, 4) is 0 Å². The van der Waals surface area contributed by atoms with Gasteiger partial charge in [-0.25, -0.2) is 4.39 Å². The predicted molar refractivity (Wildman–Crippen MR) is 117 cm³/mol. The Morgan fingerprint density at radius 1 is 1.00 bits per heavy atom. The minimum Gasteiger partial charge on any atom is -0.386 e. The molecule has 3 rings (SSSR count). The molecule has 0 aromatic heterocycles. The fourth-order valence-electron chi connectivity index (χ4n) is 2.73. The molecule has 3 aromatic carbocycles. The van der Waals surface area contributed by atoms with E-state index in [0.29, 0.717) is 17.8 Å². The molecule has 0 radical (unpaired) electrons. The number of rotatable bonds is 8. The van der Waals surface area contributed by atoms with Gasteiger partial charge in [0.15, 0.2) is 6.61 Å². The number of amides is 2. The molecule has 0 fully saturated rings. The monoisotopic (exact) mass is 419 g/mol. The molecule has 0 saturated heterocycles. The van der Waals surface area contributed by atoms with Gasteiger partial charge in [0, 0.05) is 12.1 Å². The maximum Gasteiger partial charge on any atom is 0.265 e. The summed E-state index contributed by atoms with van der Waals surface area (Å²) < 4.78 is 13.5. The number of nitrogens with zero attached hydrogens (tertiary/aromatic N) is 1. The molecule has 31 heavy (non-hydrogen) atoms. The van der Waals surface area contributed by atoms with Gasteiger partial charge in [0.2, 0.25) is 0 Å². The van der Waals surface area contributed by atoms with Crippen LogP contribution in [0.4, 0.5) is 10.1 Å². The molecule has 0 saturated carbocycles. The van der Waals surface area contributed by atoms with E-state index in [0.717, 1.165) is 11.1 Å². The number of anilines is 1. The van der Waals surface area contributed by atoms with E-state index in [1.54, 1.807) is 36.4 Å². The van der Waals surface area contributed by atoms with Crippen molar-refractivity contribution in [2.45, 2.75) is 13.5 Å². The number of nitrogens with one attached hydrogen (secondary N) is 2. The van der Waals surface area contributed by atoms with Crippen molar-refractivity contribution in [3.63, 3.8) is 0 Å². The van der Waals surface area contributed by atoms with Crippen molar-refractivity contribution in [3.05, 3.63) is 101 Å². The van der Waals surface area contributed by atoms with E-state index >= 15 is 0 Å². The van der Waals surface area contributed by atoms with Gasteiger partial charge in [0.1, 0.15) is 5.82 Å². The lowest BCUT2D eigenvalue weighted by Crippen LogP contribution is -2.25. The van der Waals surface area contributed by atoms with Crippen LogP contribution in [0, 0.1) is 12.7 Å². The third kappa shape index (κ3) is 6.50. The number of halogens is 1. The molecular formula is C24H22FN3O3. The third-order valence-electron chi connectivity index (χ3n) is 4.39. The Balaban J connectivity index is 1.54. The maximum absolute atomic E-state index is 13.5. The van der Waals surface area contributed by atoms with Crippen LogP contribution in [0.1, 0.15) is 27.0 Å². The van der Waals surface area contributed by atoms with Crippen LogP contribution in [0.5, 0.6) is 0 Å². The molecule has 0 bridgehead atoms. The zero-order valence-corrected chi connectivity index (χ0v) is 17.0. The summed E-state index contributed by atoms with van der Waals surface area (Å²) >= 11 is 0. The van der Waals surface area contributed by atoms with Gasteiger partial charge in [-0.3, -0.25) is 9.59 Å². The van der Waals surface area contributed by atoms with Crippen LogP contribution in [-0.4, -0.2) is 24.6 Å². The normalized spacial score (nSPS) is 10.6. The van der Waals surface area contributed by atoms with E-state index in [1.165, 1.54) is 18.3 Å². The summed E-state index contributed by atoms with van der Waals surface area (Å²) in [6, 6.07) is 20.6. The number of aryl methyl sites for hydroxylation is 1. The largest absolute Gasteiger partial charge is 0.386 e. The molecule has 2 amide bonds. The summed E-state index contributed by atoms with van der Waals surface area (Å²) in [7, 11) is 0. The van der Waals surface area contributed by atoms with Gasteiger partial charge in [-0.05, 0) is 30.7 Å². The fraction of sp³-hybridized carbons (Fsp3) is 0.125. The zero-order valence-electron chi connectivity index (χ0n) is 17.0. The smallest absolute Gasteiger partial charge is 0.265 e. The first-order chi connectivity index (χ1) is 15.0. The van der Waals surface area contributed by atoms with E-state index in [1.807, 2.05) is 31.2 Å². The van der Waals surface area contributed by atoms with Gasteiger partial charge in [-0.1, -0.05) is 65.3 Å². The number of hydrogen-bond donors (Lipinski definition) is 2. The van der Waals surface area contributed by atoms with E-state index in [9.17, 15) is 14.0 Å². The van der Waals surface area contributed by atoms with E-state index in [2.05, 4.69) is 15.8 Å². The number of oxime groups is 1. The molecule has 0 aliphatic carbocycles. The first-order valence-corrected chi connectivity index (χ1v) is 9.65. The number of benzene rings is 3. The second kappa shape index (κ2) is 10.7. The summed E-state index contributed by atoms with van der Waals surface area (Å²) in [6.07, 6.45) is 1.19. The molecule has 3 aromatic rings. The molecule has 0 atom stereocenters. The summed E-state index contributed by atoms with van der Waals surface area (Å²) in [5.74, 6) is -1.25. The molecule has 0 heterocycles. The molecule has 2 N–H and O–H groups in total. The van der Waals surface area contributed by atoms with E-state index < -0.39 is 11.7 Å². The highest BCUT2D eigenvalue weighted by molar-refractivity contribution is 6.03. The molecule has 0 aliphatic heterocycles. The standard InChI is InChI=1S/C24H22FN3O3/c1-17-10-12-18(13-11-17)14-26-24(30)20-7-3-5-9-22(20)28-23(29)16-31-27-15-19-6-2-4-8-21(19)25/h2-13,15H,14,16H2,1H3,(H,26,30)(H,28,29)/b27-15-. The Morgan fingerprint density at radius 3 is 2.48 bits per heavy atom. The Kier molecular flexibility index (Phi) is 7.48. The molecule has 7 heteroatoms. The van der Waals surface area contributed by atoms with Gasteiger partial charge in [0.25, 0.3) is 11.8 Å². The summed E-state index contributed by atoms with van der Waals surface area (Å²) in [5.41, 5.74) is 3.05. The predicted octanol–water partition coefficient (Wildman–Crippen LogP) is 4.05.